The Bertz CT molecular complexity index is 1630. The van der Waals surface area contributed by atoms with E-state index < -0.39 is 61.9 Å². The van der Waals surface area contributed by atoms with Crippen LogP contribution in [-0.2, 0) is 42.2 Å². The van der Waals surface area contributed by atoms with Crippen molar-refractivity contribution in [2.75, 3.05) is 70.7 Å². The molecule has 2 N–H and O–H groups in total. The molecule has 2 fully saturated rings. The second-order valence-corrected chi connectivity index (χ2v) is 14.3. The van der Waals surface area contributed by atoms with Crippen LogP contribution >= 0.6 is 7.60 Å². The highest BCUT2D eigenvalue weighted by molar-refractivity contribution is 7.54. The SMILES string of the molecule is CCOC(=O)[C@H](C)OP(=O)(C[C@H](NC(=O)c1cc(N2CC[C@H](OC)C2)nc(-c2ccccc2)n1)C(=O)N1CCN(C(=O)O)CC1)O[C@@H](C)C(=O)OCC. The Morgan fingerprint density at radius 2 is 1.49 bits per heavy atom. The summed E-state index contributed by atoms with van der Waals surface area (Å²) in [6.45, 7) is 6.68. The van der Waals surface area contributed by atoms with Gasteiger partial charge in [-0.2, -0.15) is 0 Å². The lowest BCUT2D eigenvalue weighted by molar-refractivity contribution is -0.152. The van der Waals surface area contributed by atoms with E-state index in [2.05, 4.69) is 10.3 Å². The summed E-state index contributed by atoms with van der Waals surface area (Å²) < 4.78 is 41.3. The number of piperazine rings is 1. The van der Waals surface area contributed by atoms with Crippen molar-refractivity contribution in [1.29, 1.82) is 0 Å². The molecule has 1 aromatic heterocycles. The van der Waals surface area contributed by atoms with Crippen LogP contribution in [-0.4, -0.2) is 145 Å². The molecular formula is C34H47N6O12P. The van der Waals surface area contributed by atoms with Crippen LogP contribution in [0.5, 0.6) is 0 Å². The molecule has 19 heteroatoms. The number of methoxy groups -OCH3 is 1. The van der Waals surface area contributed by atoms with Crippen LogP contribution in [0.15, 0.2) is 36.4 Å². The van der Waals surface area contributed by atoms with E-state index in [1.807, 2.05) is 11.0 Å². The number of amides is 3. The molecule has 2 aliphatic heterocycles. The second-order valence-electron chi connectivity index (χ2n) is 12.3. The molecule has 0 aliphatic carbocycles. The summed E-state index contributed by atoms with van der Waals surface area (Å²) in [4.78, 5) is 78.6. The number of anilines is 1. The molecule has 0 spiro atoms. The fourth-order valence-corrected chi connectivity index (χ4v) is 7.79. The van der Waals surface area contributed by atoms with E-state index in [-0.39, 0.29) is 57.0 Å². The molecule has 0 saturated carbocycles. The van der Waals surface area contributed by atoms with Crippen LogP contribution in [0.3, 0.4) is 0 Å². The number of carboxylic acid groups (broad SMARTS) is 1. The Balaban J connectivity index is 1.72. The van der Waals surface area contributed by atoms with Gasteiger partial charge in [-0.25, -0.2) is 24.4 Å². The Hall–Kier alpha value is -4.64. The summed E-state index contributed by atoms with van der Waals surface area (Å²) in [6, 6.07) is 8.84. The topological polar surface area (TPSA) is 216 Å². The third kappa shape index (κ3) is 11.2. The van der Waals surface area contributed by atoms with Crippen molar-refractivity contribution in [2.24, 2.45) is 0 Å². The number of ether oxygens (including phenoxy) is 3. The first kappa shape index (κ1) is 41.1. The van der Waals surface area contributed by atoms with E-state index in [0.29, 0.717) is 24.5 Å². The van der Waals surface area contributed by atoms with Gasteiger partial charge >= 0.3 is 25.6 Å². The number of nitrogens with one attached hydrogen (secondary N) is 1. The highest BCUT2D eigenvalue weighted by Gasteiger charge is 2.42. The summed E-state index contributed by atoms with van der Waals surface area (Å²) in [7, 11) is -3.02. The first-order valence-corrected chi connectivity index (χ1v) is 19.1. The summed E-state index contributed by atoms with van der Waals surface area (Å²) in [6.07, 6.45) is -4.22. The molecule has 2 aliphatic rings. The van der Waals surface area contributed by atoms with Crippen molar-refractivity contribution in [2.45, 2.75) is 58.5 Å². The number of rotatable bonds is 16. The van der Waals surface area contributed by atoms with Crippen molar-refractivity contribution in [3.63, 3.8) is 0 Å². The van der Waals surface area contributed by atoms with E-state index in [9.17, 15) is 33.6 Å². The molecule has 3 heterocycles. The highest BCUT2D eigenvalue weighted by Crippen LogP contribution is 2.51. The summed E-state index contributed by atoms with van der Waals surface area (Å²) in [5.41, 5.74) is 0.515. The van der Waals surface area contributed by atoms with Gasteiger partial charge in [0.1, 0.15) is 17.6 Å². The van der Waals surface area contributed by atoms with E-state index in [1.165, 1.54) is 24.8 Å². The van der Waals surface area contributed by atoms with Crippen LogP contribution in [0, 0.1) is 0 Å². The zero-order chi connectivity index (χ0) is 38.7. The first-order valence-electron chi connectivity index (χ1n) is 17.4. The molecule has 290 valence electrons. The number of hydrogen-bond donors (Lipinski definition) is 2. The fraction of sp³-hybridized carbons (Fsp3) is 0.559. The molecule has 4 atom stereocenters. The Morgan fingerprint density at radius 3 is 2.02 bits per heavy atom. The third-order valence-corrected chi connectivity index (χ3v) is 10.6. The van der Waals surface area contributed by atoms with Crippen molar-refractivity contribution in [3.05, 3.63) is 42.1 Å². The predicted octanol–water partition coefficient (Wildman–Crippen LogP) is 2.42. The largest absolute Gasteiger partial charge is 0.465 e. The van der Waals surface area contributed by atoms with Crippen LogP contribution in [0.2, 0.25) is 0 Å². The molecule has 0 bridgehead atoms. The monoisotopic (exact) mass is 762 g/mol. The number of benzene rings is 1. The number of carbonyl (C=O) groups is 5. The smallest absolute Gasteiger partial charge is 0.407 e. The van der Waals surface area contributed by atoms with Crippen molar-refractivity contribution in [3.8, 4) is 11.4 Å². The average Bonchev–Trinajstić information content (AvgIpc) is 3.64. The number of esters is 2. The van der Waals surface area contributed by atoms with Gasteiger partial charge in [-0.3, -0.25) is 23.2 Å². The number of hydrogen-bond acceptors (Lipinski definition) is 14. The van der Waals surface area contributed by atoms with Crippen LogP contribution in [0.4, 0.5) is 10.6 Å². The van der Waals surface area contributed by atoms with E-state index in [0.717, 1.165) is 11.3 Å². The first-order chi connectivity index (χ1) is 25.3. The molecule has 53 heavy (non-hydrogen) atoms. The lowest BCUT2D eigenvalue weighted by atomic mass is 10.2. The predicted molar refractivity (Wildman–Crippen MR) is 189 cm³/mol. The third-order valence-electron chi connectivity index (χ3n) is 8.53. The van der Waals surface area contributed by atoms with Gasteiger partial charge in [0.15, 0.2) is 18.0 Å². The Morgan fingerprint density at radius 1 is 0.906 bits per heavy atom. The van der Waals surface area contributed by atoms with Crippen molar-refractivity contribution >= 4 is 43.3 Å². The Kier molecular flexibility index (Phi) is 14.7. The van der Waals surface area contributed by atoms with Crippen molar-refractivity contribution in [1.82, 2.24) is 25.1 Å². The molecule has 4 rings (SSSR count). The van der Waals surface area contributed by atoms with E-state index >= 15 is 0 Å². The van der Waals surface area contributed by atoms with Crippen LogP contribution in [0.25, 0.3) is 11.4 Å². The molecule has 1 aromatic carbocycles. The van der Waals surface area contributed by atoms with Gasteiger partial charge in [0.2, 0.25) is 5.91 Å². The minimum atomic E-state index is -4.64. The Labute approximate surface area is 307 Å². The minimum absolute atomic E-state index is 0.00808. The zero-order valence-electron chi connectivity index (χ0n) is 30.5. The van der Waals surface area contributed by atoms with Crippen molar-refractivity contribution < 1.29 is 56.9 Å². The minimum Gasteiger partial charge on any atom is -0.465 e. The number of nitrogens with zero attached hydrogens (tertiary/aromatic N) is 5. The van der Waals surface area contributed by atoms with Gasteiger partial charge in [0, 0.05) is 58.0 Å². The lowest BCUT2D eigenvalue weighted by Gasteiger charge is -2.36. The fourth-order valence-electron chi connectivity index (χ4n) is 5.74. The van der Waals surface area contributed by atoms with Gasteiger partial charge in [0.25, 0.3) is 5.91 Å². The maximum Gasteiger partial charge on any atom is 0.407 e. The quantitative estimate of drug-likeness (QED) is 0.186. The molecule has 0 unspecified atom stereocenters. The van der Waals surface area contributed by atoms with Gasteiger partial charge < -0.3 is 39.3 Å². The summed E-state index contributed by atoms with van der Waals surface area (Å²) in [5, 5.41) is 12.1. The molecular weight excluding hydrogens is 715 g/mol. The van der Waals surface area contributed by atoms with Crippen LogP contribution in [0.1, 0.15) is 44.6 Å². The van der Waals surface area contributed by atoms with Gasteiger partial charge in [-0.1, -0.05) is 30.3 Å². The van der Waals surface area contributed by atoms with E-state index in [4.69, 9.17) is 28.2 Å². The summed E-state index contributed by atoms with van der Waals surface area (Å²) >= 11 is 0. The summed E-state index contributed by atoms with van der Waals surface area (Å²) in [5.74, 6) is -2.64. The molecule has 0 radical (unpaired) electrons. The van der Waals surface area contributed by atoms with Crippen LogP contribution < -0.4 is 10.2 Å². The average molecular weight is 763 g/mol. The lowest BCUT2D eigenvalue weighted by Crippen LogP contribution is -2.56. The standard InChI is InChI=1S/C34H47N6O12P/c1-6-49-32(43)22(3)51-53(47,52-23(4)33(44)50-7-2)21-27(31(42)38-15-17-39(18-16-38)34(45)46)36-30(41)26-19-28(40-14-13-25(20-40)48-5)37-29(35-26)24-11-9-8-10-12-24/h8-12,19,22-23,25,27H,6-7,13-18,20-21H2,1-5H3,(H,36,41)(H,45,46)/t22-,23-,25-,27-/m0/s1. The van der Waals surface area contributed by atoms with E-state index in [1.54, 1.807) is 45.2 Å². The van der Waals surface area contributed by atoms with Gasteiger partial charge in [-0.15, -0.1) is 0 Å². The molecule has 2 saturated heterocycles. The number of carbonyl (C=O) groups excluding carboxylic acids is 4. The highest BCUT2D eigenvalue weighted by atomic mass is 31.2. The maximum absolute atomic E-state index is 14.5. The molecule has 2 aromatic rings. The maximum atomic E-state index is 14.5. The van der Waals surface area contributed by atoms with Gasteiger partial charge in [0.05, 0.1) is 25.5 Å². The molecule has 18 nitrogen and oxygen atoms in total. The second kappa shape index (κ2) is 18.9. The number of aromatic nitrogens is 2. The molecule has 3 amide bonds. The zero-order valence-corrected chi connectivity index (χ0v) is 31.4. The normalized spacial score (nSPS) is 17.8. The van der Waals surface area contributed by atoms with Gasteiger partial charge in [-0.05, 0) is 34.1 Å².